The van der Waals surface area contributed by atoms with Crippen molar-refractivity contribution in [3.63, 3.8) is 0 Å². The highest BCUT2D eigenvalue weighted by Gasteiger charge is 2.16. The summed E-state index contributed by atoms with van der Waals surface area (Å²) in [5, 5.41) is 0. The Kier molecular flexibility index (Phi) is 3.65. The maximum Gasteiger partial charge on any atom is 0.110 e. The SMILES string of the molecule is CCCc1nc2cc(N)ccc2n1C(C)c1ccccc1. The Labute approximate surface area is 125 Å². The topological polar surface area (TPSA) is 43.8 Å². The number of aromatic nitrogens is 2. The lowest BCUT2D eigenvalue weighted by Gasteiger charge is -2.18. The molecule has 2 N–H and O–H groups in total. The van der Waals surface area contributed by atoms with E-state index in [1.54, 1.807) is 0 Å². The molecule has 3 rings (SSSR count). The molecular weight excluding hydrogens is 258 g/mol. The van der Waals surface area contributed by atoms with Gasteiger partial charge in [0.15, 0.2) is 0 Å². The van der Waals surface area contributed by atoms with Crippen molar-refractivity contribution in [1.82, 2.24) is 9.55 Å². The van der Waals surface area contributed by atoms with Gasteiger partial charge in [-0.25, -0.2) is 4.98 Å². The fraction of sp³-hybridized carbons (Fsp3) is 0.278. The molecule has 0 spiro atoms. The Morgan fingerprint density at radius 1 is 1.14 bits per heavy atom. The van der Waals surface area contributed by atoms with Gasteiger partial charge in [-0.2, -0.15) is 0 Å². The van der Waals surface area contributed by atoms with E-state index in [0.717, 1.165) is 35.4 Å². The number of nitrogens with two attached hydrogens (primary N) is 1. The Balaban J connectivity index is 2.17. The number of nitrogens with zero attached hydrogens (tertiary/aromatic N) is 2. The van der Waals surface area contributed by atoms with Crippen LogP contribution in [0.2, 0.25) is 0 Å². The minimum absolute atomic E-state index is 0.265. The standard InChI is InChI=1S/C18H21N3/c1-3-7-18-20-16-12-15(19)10-11-17(16)21(18)13(2)14-8-5-4-6-9-14/h4-6,8-13H,3,7,19H2,1-2H3. The number of benzene rings is 2. The maximum atomic E-state index is 5.90. The Hall–Kier alpha value is -2.29. The summed E-state index contributed by atoms with van der Waals surface area (Å²) in [5.74, 6) is 1.13. The molecule has 0 aliphatic carbocycles. The molecule has 0 fully saturated rings. The van der Waals surface area contributed by atoms with E-state index in [1.807, 2.05) is 12.1 Å². The summed E-state index contributed by atoms with van der Waals surface area (Å²) in [4.78, 5) is 4.79. The number of hydrogen-bond donors (Lipinski definition) is 1. The van der Waals surface area contributed by atoms with Gasteiger partial charge in [-0.1, -0.05) is 37.3 Å². The van der Waals surface area contributed by atoms with E-state index in [2.05, 4.69) is 54.8 Å². The third-order valence-corrected chi connectivity index (χ3v) is 3.93. The predicted octanol–water partition coefficient (Wildman–Crippen LogP) is 4.18. The molecule has 21 heavy (non-hydrogen) atoms. The van der Waals surface area contributed by atoms with Gasteiger partial charge in [0.05, 0.1) is 17.1 Å². The first-order valence-electron chi connectivity index (χ1n) is 7.52. The average Bonchev–Trinajstić information content (AvgIpc) is 2.85. The van der Waals surface area contributed by atoms with Gasteiger partial charge in [-0.3, -0.25) is 0 Å². The van der Waals surface area contributed by atoms with Crippen LogP contribution in [0.5, 0.6) is 0 Å². The number of anilines is 1. The van der Waals surface area contributed by atoms with Crippen LogP contribution in [-0.4, -0.2) is 9.55 Å². The summed E-state index contributed by atoms with van der Waals surface area (Å²) in [6, 6.07) is 16.8. The third-order valence-electron chi connectivity index (χ3n) is 3.93. The number of nitrogen functional groups attached to an aromatic ring is 1. The lowest BCUT2D eigenvalue weighted by molar-refractivity contribution is 0.612. The van der Waals surface area contributed by atoms with Crippen molar-refractivity contribution in [2.45, 2.75) is 32.7 Å². The summed E-state index contributed by atoms with van der Waals surface area (Å²) >= 11 is 0. The van der Waals surface area contributed by atoms with Crippen molar-refractivity contribution in [3.8, 4) is 0 Å². The summed E-state index contributed by atoms with van der Waals surface area (Å²) in [6.07, 6.45) is 2.06. The first kappa shape index (κ1) is 13.7. The molecule has 0 saturated heterocycles. The van der Waals surface area contributed by atoms with Crippen molar-refractivity contribution < 1.29 is 0 Å². The lowest BCUT2D eigenvalue weighted by atomic mass is 10.1. The summed E-state index contributed by atoms with van der Waals surface area (Å²) in [5.41, 5.74) is 10.1. The van der Waals surface area contributed by atoms with Gasteiger partial charge in [-0.05, 0) is 37.1 Å². The van der Waals surface area contributed by atoms with Crippen LogP contribution in [-0.2, 0) is 6.42 Å². The number of hydrogen-bond acceptors (Lipinski definition) is 2. The zero-order valence-corrected chi connectivity index (χ0v) is 12.6. The van der Waals surface area contributed by atoms with E-state index in [-0.39, 0.29) is 6.04 Å². The van der Waals surface area contributed by atoms with Crippen molar-refractivity contribution in [3.05, 3.63) is 59.9 Å². The minimum atomic E-state index is 0.265. The van der Waals surface area contributed by atoms with E-state index in [9.17, 15) is 0 Å². The maximum absolute atomic E-state index is 5.90. The summed E-state index contributed by atoms with van der Waals surface area (Å²) < 4.78 is 2.34. The van der Waals surface area contributed by atoms with Crippen molar-refractivity contribution in [2.24, 2.45) is 0 Å². The number of rotatable bonds is 4. The van der Waals surface area contributed by atoms with Crippen molar-refractivity contribution >= 4 is 16.7 Å². The van der Waals surface area contributed by atoms with E-state index in [0.29, 0.717) is 0 Å². The van der Waals surface area contributed by atoms with E-state index >= 15 is 0 Å². The Morgan fingerprint density at radius 3 is 2.62 bits per heavy atom. The molecule has 1 unspecified atom stereocenters. The molecule has 0 aliphatic rings. The first-order valence-corrected chi connectivity index (χ1v) is 7.52. The van der Waals surface area contributed by atoms with Crippen LogP contribution in [0, 0.1) is 0 Å². The smallest absolute Gasteiger partial charge is 0.110 e. The van der Waals surface area contributed by atoms with Crippen molar-refractivity contribution in [2.75, 3.05) is 5.73 Å². The average molecular weight is 279 g/mol. The Morgan fingerprint density at radius 2 is 1.90 bits per heavy atom. The molecule has 108 valence electrons. The normalized spacial score (nSPS) is 12.7. The van der Waals surface area contributed by atoms with Gasteiger partial charge in [-0.15, -0.1) is 0 Å². The molecule has 0 aliphatic heterocycles. The zero-order chi connectivity index (χ0) is 14.8. The summed E-state index contributed by atoms with van der Waals surface area (Å²) in [7, 11) is 0. The van der Waals surface area contributed by atoms with Crippen LogP contribution >= 0.6 is 0 Å². The van der Waals surface area contributed by atoms with Crippen LogP contribution in [0.4, 0.5) is 5.69 Å². The Bertz CT molecular complexity index is 744. The van der Waals surface area contributed by atoms with Crippen molar-refractivity contribution in [1.29, 1.82) is 0 Å². The van der Waals surface area contributed by atoms with Crippen LogP contribution in [0.1, 0.15) is 37.7 Å². The van der Waals surface area contributed by atoms with Gasteiger partial charge < -0.3 is 10.3 Å². The predicted molar refractivity (Wildman–Crippen MR) is 88.4 cm³/mol. The van der Waals surface area contributed by atoms with Gasteiger partial charge in [0.2, 0.25) is 0 Å². The second-order valence-corrected chi connectivity index (χ2v) is 5.48. The largest absolute Gasteiger partial charge is 0.399 e. The van der Waals surface area contributed by atoms with E-state index < -0.39 is 0 Å². The minimum Gasteiger partial charge on any atom is -0.399 e. The highest BCUT2D eigenvalue weighted by Crippen LogP contribution is 2.27. The molecule has 1 atom stereocenters. The molecule has 1 aromatic heterocycles. The van der Waals surface area contributed by atoms with Gasteiger partial charge >= 0.3 is 0 Å². The quantitative estimate of drug-likeness (QED) is 0.728. The van der Waals surface area contributed by atoms with Crippen LogP contribution < -0.4 is 5.73 Å². The number of fused-ring (bicyclic) bond motifs is 1. The monoisotopic (exact) mass is 279 g/mol. The molecule has 1 heterocycles. The molecule has 0 saturated carbocycles. The molecule has 0 radical (unpaired) electrons. The third kappa shape index (κ3) is 2.51. The number of aryl methyl sites for hydroxylation is 1. The molecule has 3 aromatic rings. The van der Waals surface area contributed by atoms with Crippen LogP contribution in [0.25, 0.3) is 11.0 Å². The fourth-order valence-corrected chi connectivity index (χ4v) is 2.88. The second kappa shape index (κ2) is 5.60. The van der Waals surface area contributed by atoms with Gasteiger partial charge in [0.25, 0.3) is 0 Å². The van der Waals surface area contributed by atoms with E-state index in [1.165, 1.54) is 5.56 Å². The molecule has 3 heteroatoms. The highest BCUT2D eigenvalue weighted by molar-refractivity contribution is 5.80. The molecular formula is C18H21N3. The molecule has 3 nitrogen and oxygen atoms in total. The summed E-state index contributed by atoms with van der Waals surface area (Å²) in [6.45, 7) is 4.41. The first-order chi connectivity index (χ1) is 10.2. The number of imidazole rings is 1. The molecule has 0 bridgehead atoms. The molecule has 0 amide bonds. The fourth-order valence-electron chi connectivity index (χ4n) is 2.88. The highest BCUT2D eigenvalue weighted by atomic mass is 15.1. The van der Waals surface area contributed by atoms with Crippen LogP contribution in [0.15, 0.2) is 48.5 Å². The van der Waals surface area contributed by atoms with Gasteiger partial charge in [0.1, 0.15) is 5.82 Å². The lowest BCUT2D eigenvalue weighted by Crippen LogP contribution is -2.10. The second-order valence-electron chi connectivity index (χ2n) is 5.48. The zero-order valence-electron chi connectivity index (χ0n) is 12.6. The van der Waals surface area contributed by atoms with Gasteiger partial charge in [0, 0.05) is 12.1 Å². The van der Waals surface area contributed by atoms with Crippen LogP contribution in [0.3, 0.4) is 0 Å². The molecule has 2 aromatic carbocycles. The van der Waals surface area contributed by atoms with E-state index in [4.69, 9.17) is 10.7 Å².